The number of fused-ring (bicyclic) bond motifs is 1. The van der Waals surface area contributed by atoms with Gasteiger partial charge in [0.25, 0.3) is 0 Å². The van der Waals surface area contributed by atoms with Crippen LogP contribution < -0.4 is 10.6 Å². The van der Waals surface area contributed by atoms with Gasteiger partial charge in [-0.2, -0.15) is 0 Å². The molecule has 5 atom stereocenters. The molecule has 0 aromatic heterocycles. The van der Waals surface area contributed by atoms with E-state index in [-0.39, 0.29) is 30.4 Å². The molecule has 3 amide bonds. The van der Waals surface area contributed by atoms with Crippen molar-refractivity contribution in [3.63, 3.8) is 0 Å². The number of ether oxygens (including phenoxy) is 1. The lowest BCUT2D eigenvalue weighted by Gasteiger charge is -2.33. The van der Waals surface area contributed by atoms with E-state index < -0.39 is 23.5 Å². The number of likely N-dealkylation sites (tertiary alicyclic amines) is 1. The van der Waals surface area contributed by atoms with Crippen LogP contribution in [0.25, 0.3) is 0 Å². The molecule has 0 saturated carbocycles. The van der Waals surface area contributed by atoms with Crippen LogP contribution in [0.3, 0.4) is 0 Å². The van der Waals surface area contributed by atoms with Crippen LogP contribution in [0, 0.1) is 11.8 Å². The zero-order chi connectivity index (χ0) is 20.3. The first-order valence-electron chi connectivity index (χ1n) is 10.6. The van der Waals surface area contributed by atoms with Gasteiger partial charge < -0.3 is 25.4 Å². The second-order valence-corrected chi connectivity index (χ2v) is 8.13. The highest BCUT2D eigenvalue weighted by Gasteiger charge is 2.74. The van der Waals surface area contributed by atoms with Gasteiger partial charge in [-0.05, 0) is 32.1 Å². The number of aliphatic hydroxyl groups excluding tert-OH is 1. The molecule has 3 fully saturated rings. The minimum absolute atomic E-state index is 0.0456. The number of nitrogens with one attached hydrogen (secondary N) is 2. The SMILES string of the molecule is CCCCCNC(=O)C1N(CCCCO)C(=O)[C@@H]2[C@@H](C(=O)NC)[C@H]3CCC12O3. The molecule has 8 nitrogen and oxygen atoms in total. The summed E-state index contributed by atoms with van der Waals surface area (Å²) in [5.41, 5.74) is -0.910. The van der Waals surface area contributed by atoms with Gasteiger partial charge in [0.1, 0.15) is 11.6 Å². The Kier molecular flexibility index (Phi) is 6.60. The highest BCUT2D eigenvalue weighted by Crippen LogP contribution is 2.58. The first kappa shape index (κ1) is 21.0. The average Bonchev–Trinajstić information content (AvgIpc) is 3.32. The quantitative estimate of drug-likeness (QED) is 0.458. The zero-order valence-electron chi connectivity index (χ0n) is 16.9. The van der Waals surface area contributed by atoms with Gasteiger partial charge in [-0.3, -0.25) is 14.4 Å². The lowest BCUT2D eigenvalue weighted by atomic mass is 9.70. The van der Waals surface area contributed by atoms with E-state index >= 15 is 0 Å². The van der Waals surface area contributed by atoms with E-state index in [0.717, 1.165) is 19.3 Å². The number of carbonyl (C=O) groups is 3. The normalized spacial score (nSPS) is 33.2. The molecule has 28 heavy (non-hydrogen) atoms. The number of nitrogens with zero attached hydrogens (tertiary/aromatic N) is 1. The Labute approximate surface area is 166 Å². The largest absolute Gasteiger partial charge is 0.396 e. The van der Waals surface area contributed by atoms with Gasteiger partial charge in [0, 0.05) is 26.7 Å². The summed E-state index contributed by atoms with van der Waals surface area (Å²) in [6.45, 7) is 3.11. The Morgan fingerprint density at radius 2 is 2.04 bits per heavy atom. The summed E-state index contributed by atoms with van der Waals surface area (Å²) < 4.78 is 6.25. The molecule has 3 saturated heterocycles. The molecule has 3 N–H and O–H groups in total. The average molecular weight is 396 g/mol. The minimum Gasteiger partial charge on any atom is -0.396 e. The summed E-state index contributed by atoms with van der Waals surface area (Å²) in [4.78, 5) is 40.5. The Bertz CT molecular complexity index is 613. The number of amides is 3. The van der Waals surface area contributed by atoms with E-state index in [0.29, 0.717) is 38.8 Å². The van der Waals surface area contributed by atoms with Gasteiger partial charge >= 0.3 is 0 Å². The molecule has 3 rings (SSSR count). The first-order chi connectivity index (χ1) is 13.5. The fourth-order valence-corrected chi connectivity index (χ4v) is 5.24. The molecular weight excluding hydrogens is 362 g/mol. The van der Waals surface area contributed by atoms with Crippen molar-refractivity contribution in [3.05, 3.63) is 0 Å². The third-order valence-corrected chi connectivity index (χ3v) is 6.48. The van der Waals surface area contributed by atoms with Crippen LogP contribution in [-0.4, -0.2) is 72.2 Å². The van der Waals surface area contributed by atoms with Crippen molar-refractivity contribution in [1.82, 2.24) is 15.5 Å². The molecule has 0 aromatic carbocycles. The topological polar surface area (TPSA) is 108 Å². The molecule has 3 aliphatic rings. The number of hydrogen-bond donors (Lipinski definition) is 3. The minimum atomic E-state index is -0.910. The Morgan fingerprint density at radius 3 is 2.71 bits per heavy atom. The van der Waals surface area contributed by atoms with E-state index in [1.165, 1.54) is 0 Å². The van der Waals surface area contributed by atoms with Crippen LogP contribution in [0.5, 0.6) is 0 Å². The predicted octanol–water partition coefficient (Wildman–Crippen LogP) is 0.186. The van der Waals surface area contributed by atoms with Crippen LogP contribution in [-0.2, 0) is 19.1 Å². The highest BCUT2D eigenvalue weighted by atomic mass is 16.5. The Morgan fingerprint density at radius 1 is 1.25 bits per heavy atom. The van der Waals surface area contributed by atoms with Crippen molar-refractivity contribution in [1.29, 1.82) is 0 Å². The molecule has 0 aliphatic carbocycles. The van der Waals surface area contributed by atoms with Crippen molar-refractivity contribution in [2.45, 2.75) is 69.6 Å². The van der Waals surface area contributed by atoms with Gasteiger partial charge in [0.15, 0.2) is 0 Å². The molecule has 8 heteroatoms. The summed E-state index contributed by atoms with van der Waals surface area (Å²) in [7, 11) is 1.57. The second kappa shape index (κ2) is 8.78. The first-order valence-corrected chi connectivity index (χ1v) is 10.6. The van der Waals surface area contributed by atoms with Crippen molar-refractivity contribution < 1.29 is 24.2 Å². The van der Waals surface area contributed by atoms with Gasteiger partial charge in [-0.25, -0.2) is 0 Å². The van der Waals surface area contributed by atoms with Gasteiger partial charge in [0.2, 0.25) is 17.7 Å². The lowest BCUT2D eigenvalue weighted by molar-refractivity contribution is -0.142. The number of rotatable bonds is 10. The molecule has 0 aromatic rings. The van der Waals surface area contributed by atoms with E-state index in [1.807, 2.05) is 0 Å². The molecule has 1 spiro atoms. The molecule has 2 bridgehead atoms. The maximum absolute atomic E-state index is 13.3. The van der Waals surface area contributed by atoms with Gasteiger partial charge in [-0.1, -0.05) is 19.8 Å². The van der Waals surface area contributed by atoms with Crippen LogP contribution in [0.1, 0.15) is 51.9 Å². The van der Waals surface area contributed by atoms with Crippen molar-refractivity contribution in [3.8, 4) is 0 Å². The summed E-state index contributed by atoms with van der Waals surface area (Å²) in [5.74, 6) is -1.68. The van der Waals surface area contributed by atoms with E-state index in [2.05, 4.69) is 17.6 Å². The zero-order valence-corrected chi connectivity index (χ0v) is 16.9. The molecule has 3 aliphatic heterocycles. The lowest BCUT2D eigenvalue weighted by Crippen LogP contribution is -2.55. The third kappa shape index (κ3) is 3.41. The van der Waals surface area contributed by atoms with Crippen molar-refractivity contribution in [2.75, 3.05) is 26.7 Å². The van der Waals surface area contributed by atoms with E-state index in [1.54, 1.807) is 11.9 Å². The number of aliphatic hydroxyl groups is 1. The third-order valence-electron chi connectivity index (χ3n) is 6.48. The summed E-state index contributed by atoms with van der Waals surface area (Å²) in [6, 6.07) is -0.704. The highest BCUT2D eigenvalue weighted by molar-refractivity contribution is 5.98. The molecule has 3 heterocycles. The van der Waals surface area contributed by atoms with Crippen molar-refractivity contribution in [2.24, 2.45) is 11.8 Å². The molecule has 2 unspecified atom stereocenters. The smallest absolute Gasteiger partial charge is 0.245 e. The standard InChI is InChI=1S/C20H33N3O5/c1-3-4-5-10-22-18(26)16-20-9-8-13(28-20)14(17(25)21-2)15(20)19(27)23(16)11-6-7-12-24/h13-16,24H,3-12H2,1-2H3,(H,21,25)(H,22,26)/t13-,14+,15+,16?,20?/m1/s1. The number of unbranched alkanes of at least 4 members (excludes halogenated alkanes) is 3. The van der Waals surface area contributed by atoms with Crippen LogP contribution in [0.4, 0.5) is 0 Å². The monoisotopic (exact) mass is 395 g/mol. The summed E-state index contributed by atoms with van der Waals surface area (Å²) in [6.07, 6.45) is 5.17. The Balaban J connectivity index is 1.84. The molecule has 158 valence electrons. The number of carbonyl (C=O) groups excluding carboxylic acids is 3. The fourth-order valence-electron chi connectivity index (χ4n) is 5.24. The van der Waals surface area contributed by atoms with E-state index in [4.69, 9.17) is 9.84 Å². The molecule has 0 radical (unpaired) electrons. The Hall–Kier alpha value is -1.67. The van der Waals surface area contributed by atoms with Gasteiger partial charge in [0.05, 0.1) is 17.9 Å². The fraction of sp³-hybridized carbons (Fsp3) is 0.850. The number of hydrogen-bond acceptors (Lipinski definition) is 5. The van der Waals surface area contributed by atoms with Crippen molar-refractivity contribution >= 4 is 17.7 Å². The predicted molar refractivity (Wildman–Crippen MR) is 102 cm³/mol. The summed E-state index contributed by atoms with van der Waals surface area (Å²) in [5, 5.41) is 14.7. The van der Waals surface area contributed by atoms with Crippen LogP contribution in [0.2, 0.25) is 0 Å². The molecular formula is C20H33N3O5. The van der Waals surface area contributed by atoms with Crippen LogP contribution in [0.15, 0.2) is 0 Å². The van der Waals surface area contributed by atoms with E-state index in [9.17, 15) is 14.4 Å². The second-order valence-electron chi connectivity index (χ2n) is 8.13. The maximum Gasteiger partial charge on any atom is 0.245 e. The van der Waals surface area contributed by atoms with Crippen LogP contribution >= 0.6 is 0 Å². The summed E-state index contributed by atoms with van der Waals surface area (Å²) >= 11 is 0. The maximum atomic E-state index is 13.3. The van der Waals surface area contributed by atoms with Gasteiger partial charge in [-0.15, -0.1) is 0 Å².